The average molecular weight is 524 g/mol. The largest absolute Gasteiger partial charge is 0.381 e. The summed E-state index contributed by atoms with van der Waals surface area (Å²) in [6.45, 7) is 13.7. The van der Waals surface area contributed by atoms with Gasteiger partial charge in [-0.25, -0.2) is 4.67 Å². The highest BCUT2D eigenvalue weighted by Crippen LogP contribution is 2.46. The van der Waals surface area contributed by atoms with Crippen molar-refractivity contribution in [3.05, 3.63) is 0 Å². The monoisotopic (exact) mass is 523 g/mol. The Morgan fingerprint density at radius 3 is 1.63 bits per heavy atom. The molecule has 35 heavy (non-hydrogen) atoms. The molecule has 1 atom stereocenters. The van der Waals surface area contributed by atoms with E-state index in [0.717, 1.165) is 0 Å². The number of ether oxygens (including phenoxy) is 4. The zero-order valence-corrected chi connectivity index (χ0v) is 23.6. The first-order valence-corrected chi connectivity index (χ1v) is 13.9. The van der Waals surface area contributed by atoms with Crippen LogP contribution in [-0.2, 0) is 28.0 Å². The van der Waals surface area contributed by atoms with E-state index in [1.54, 1.807) is 0 Å². The summed E-state index contributed by atoms with van der Waals surface area (Å²) in [6.07, 6.45) is 3.00. The zero-order chi connectivity index (χ0) is 28.5. The number of nitriles is 1. The third-order valence-corrected chi connectivity index (χ3v) is 6.90. The van der Waals surface area contributed by atoms with E-state index in [1.807, 2.05) is 0 Å². The van der Waals surface area contributed by atoms with Crippen LogP contribution in [-0.4, -0.2) is 82.8 Å². The fourth-order valence-electron chi connectivity index (χ4n) is 3.33. The van der Waals surface area contributed by atoms with E-state index in [-0.39, 0.29) is 12.1 Å². The van der Waals surface area contributed by atoms with Gasteiger partial charge in [0.25, 0.3) is 8.53 Å². The van der Waals surface area contributed by atoms with Crippen LogP contribution < -0.4 is 0 Å². The second-order valence-electron chi connectivity index (χ2n) is 9.00. The third-order valence-electron chi connectivity index (χ3n) is 4.80. The Labute approximate surface area is 221 Å². The first-order chi connectivity index (χ1) is 18.4. The standard InChI is InChI=1S/C26H53N2O6P/c1-8-14-29-20-26(21-30-15-9-2,22-31-16-10-3)23-32-17-12-19-34-35(33-18-11-13-27)28(24(4)5)25(6)7/h24-25H,8-12,14-23H2,1-7H3/i1D,2D,3D. The van der Waals surface area contributed by atoms with Crippen LogP contribution in [0.3, 0.4) is 0 Å². The van der Waals surface area contributed by atoms with Crippen molar-refractivity contribution in [2.45, 2.75) is 92.6 Å². The maximum atomic E-state index is 8.87. The second-order valence-corrected chi connectivity index (χ2v) is 10.5. The molecule has 0 saturated heterocycles. The minimum Gasteiger partial charge on any atom is -0.381 e. The molecule has 0 aromatic carbocycles. The second kappa shape index (κ2) is 22.8. The molecule has 8 nitrogen and oxygen atoms in total. The van der Waals surface area contributed by atoms with Crippen molar-refractivity contribution >= 4 is 8.53 Å². The average Bonchev–Trinajstić information content (AvgIpc) is 2.88. The zero-order valence-electron chi connectivity index (χ0n) is 25.7. The van der Waals surface area contributed by atoms with Crippen LogP contribution in [0.5, 0.6) is 0 Å². The van der Waals surface area contributed by atoms with Gasteiger partial charge in [-0.3, -0.25) is 0 Å². The molecule has 0 aromatic rings. The lowest BCUT2D eigenvalue weighted by Gasteiger charge is -2.35. The lowest BCUT2D eigenvalue weighted by atomic mass is 9.92. The molecule has 9 heteroatoms. The summed E-state index contributed by atoms with van der Waals surface area (Å²) in [5.74, 6) is 0. The van der Waals surface area contributed by atoms with Crippen LogP contribution in [0.4, 0.5) is 0 Å². The van der Waals surface area contributed by atoms with Crippen LogP contribution in [0.15, 0.2) is 0 Å². The predicted octanol–water partition coefficient (Wildman–Crippen LogP) is 5.95. The van der Waals surface area contributed by atoms with Crippen LogP contribution >= 0.6 is 8.53 Å². The van der Waals surface area contributed by atoms with Crippen molar-refractivity contribution in [2.75, 3.05) is 66.1 Å². The van der Waals surface area contributed by atoms with Crippen LogP contribution in [0.25, 0.3) is 0 Å². The van der Waals surface area contributed by atoms with Gasteiger partial charge >= 0.3 is 0 Å². The number of nitrogens with zero attached hydrogens (tertiary/aromatic N) is 2. The molecule has 0 aliphatic carbocycles. The number of hydrogen-bond donors (Lipinski definition) is 0. The van der Waals surface area contributed by atoms with Gasteiger partial charge in [0.1, 0.15) is 0 Å². The van der Waals surface area contributed by atoms with Crippen molar-refractivity contribution in [3.8, 4) is 6.07 Å². The molecule has 0 aliphatic rings. The number of rotatable bonds is 25. The van der Waals surface area contributed by atoms with Gasteiger partial charge in [-0.05, 0) is 53.4 Å². The highest BCUT2D eigenvalue weighted by atomic mass is 31.2. The van der Waals surface area contributed by atoms with Gasteiger partial charge < -0.3 is 28.0 Å². The summed E-state index contributed by atoms with van der Waals surface area (Å²) in [5, 5.41) is 8.87. The lowest BCUT2D eigenvalue weighted by Crippen LogP contribution is -2.42. The maximum absolute atomic E-state index is 8.87. The molecule has 0 amide bonds. The minimum absolute atomic E-state index is 0.250. The molecular formula is C26H53N2O6P. The van der Waals surface area contributed by atoms with Crippen molar-refractivity contribution in [1.29, 1.82) is 5.26 Å². The summed E-state index contributed by atoms with van der Waals surface area (Å²) in [4.78, 5) is 0. The Morgan fingerprint density at radius 1 is 0.743 bits per heavy atom. The van der Waals surface area contributed by atoms with Crippen molar-refractivity contribution < 1.29 is 32.1 Å². The minimum atomic E-state index is -1.27. The van der Waals surface area contributed by atoms with Gasteiger partial charge in [0.2, 0.25) is 0 Å². The molecule has 0 saturated carbocycles. The molecule has 0 aliphatic heterocycles. The van der Waals surface area contributed by atoms with Crippen molar-refractivity contribution in [2.24, 2.45) is 5.41 Å². The fourth-order valence-corrected chi connectivity index (χ4v) is 4.96. The Morgan fingerprint density at radius 2 is 1.20 bits per heavy atom. The van der Waals surface area contributed by atoms with Gasteiger partial charge in [0.05, 0.1) is 57.5 Å². The van der Waals surface area contributed by atoms with E-state index >= 15 is 0 Å². The molecule has 0 N–H and O–H groups in total. The van der Waals surface area contributed by atoms with E-state index in [9.17, 15) is 0 Å². The van der Waals surface area contributed by atoms with Crippen LogP contribution in [0.2, 0.25) is 0 Å². The van der Waals surface area contributed by atoms with E-state index in [4.69, 9.17) is 37.4 Å². The van der Waals surface area contributed by atoms with Gasteiger partial charge in [-0.2, -0.15) is 5.26 Å². The Bertz CT molecular complexity index is 536. The molecule has 0 bridgehead atoms. The normalized spacial score (nSPS) is 14.3. The Hall–Kier alpha value is -0.360. The van der Waals surface area contributed by atoms with Gasteiger partial charge in [0, 0.05) is 42.6 Å². The molecule has 0 radical (unpaired) electrons. The molecule has 0 aromatic heterocycles. The topological polar surface area (TPSA) is 82.4 Å². The number of hydrogen-bond acceptors (Lipinski definition) is 8. The van der Waals surface area contributed by atoms with E-state index < -0.39 is 13.9 Å². The molecule has 0 spiro atoms. The van der Waals surface area contributed by atoms with Gasteiger partial charge in [-0.15, -0.1) is 0 Å². The Kier molecular flexibility index (Phi) is 19.0. The van der Waals surface area contributed by atoms with Gasteiger partial charge in [0.15, 0.2) is 0 Å². The Balaban J connectivity index is 4.98. The maximum Gasteiger partial charge on any atom is 0.259 e. The molecule has 1 unspecified atom stereocenters. The first-order valence-electron chi connectivity index (χ1n) is 14.9. The van der Waals surface area contributed by atoms with E-state index in [0.29, 0.717) is 119 Å². The molecule has 208 valence electrons. The molecule has 0 heterocycles. The molecule has 0 rings (SSSR count). The predicted molar refractivity (Wildman–Crippen MR) is 142 cm³/mol. The van der Waals surface area contributed by atoms with E-state index in [2.05, 4.69) is 38.4 Å². The summed E-state index contributed by atoms with van der Waals surface area (Å²) in [6, 6.07) is 2.62. The van der Waals surface area contributed by atoms with Crippen molar-refractivity contribution in [1.82, 2.24) is 4.67 Å². The van der Waals surface area contributed by atoms with Crippen LogP contribution in [0, 0.1) is 16.7 Å². The smallest absolute Gasteiger partial charge is 0.259 e. The van der Waals surface area contributed by atoms with Crippen LogP contribution in [0.1, 0.15) is 84.6 Å². The summed E-state index contributed by atoms with van der Waals surface area (Å²) < 4.78 is 60.0. The summed E-state index contributed by atoms with van der Waals surface area (Å²) in [5.41, 5.74) is -0.508. The fraction of sp³-hybridized carbons (Fsp3) is 0.962. The van der Waals surface area contributed by atoms with Crippen molar-refractivity contribution in [3.63, 3.8) is 0 Å². The first kappa shape index (κ1) is 29.2. The quantitative estimate of drug-likeness (QED) is 0.107. The lowest BCUT2D eigenvalue weighted by molar-refractivity contribution is -0.107. The van der Waals surface area contributed by atoms with E-state index in [1.165, 1.54) is 0 Å². The third kappa shape index (κ3) is 16.9. The molecular weight excluding hydrogens is 467 g/mol. The summed E-state index contributed by atoms with van der Waals surface area (Å²) >= 11 is 0. The summed E-state index contributed by atoms with van der Waals surface area (Å²) in [7, 11) is -1.27. The SMILES string of the molecule is [2H]CCCOCC(COCCC[2H])(COCCC[2H])COCCCOP(OCCC#N)N(C(C)C)C(C)C. The molecule has 0 fully saturated rings. The van der Waals surface area contributed by atoms with Gasteiger partial charge in [-0.1, -0.05) is 20.7 Å². The highest BCUT2D eigenvalue weighted by molar-refractivity contribution is 7.44. The highest BCUT2D eigenvalue weighted by Gasteiger charge is 2.32.